The van der Waals surface area contributed by atoms with Gasteiger partial charge in [0.15, 0.2) is 0 Å². The number of nitro groups is 1. The Balaban J connectivity index is 1.61. The van der Waals surface area contributed by atoms with Gasteiger partial charge in [-0.15, -0.1) is 0 Å². The molecule has 3 atom stereocenters. The number of benzene rings is 1. The van der Waals surface area contributed by atoms with Gasteiger partial charge in [0.05, 0.1) is 22.8 Å². The van der Waals surface area contributed by atoms with Crippen molar-refractivity contribution in [1.82, 2.24) is 9.80 Å². The predicted octanol–water partition coefficient (Wildman–Crippen LogP) is 2.46. The van der Waals surface area contributed by atoms with Crippen molar-refractivity contribution in [2.24, 2.45) is 11.8 Å². The molecule has 3 amide bonds. The topological polar surface area (TPSA) is 101 Å². The van der Waals surface area contributed by atoms with Crippen LogP contribution in [0.15, 0.2) is 36.4 Å². The summed E-state index contributed by atoms with van der Waals surface area (Å²) in [5, 5.41) is 10.9. The first-order valence-electron chi connectivity index (χ1n) is 9.31. The van der Waals surface area contributed by atoms with E-state index in [1.165, 1.54) is 21.9 Å². The van der Waals surface area contributed by atoms with Crippen LogP contribution in [-0.4, -0.2) is 46.0 Å². The molecule has 0 aromatic heterocycles. The number of amides is 3. The third-order valence-electron chi connectivity index (χ3n) is 5.69. The van der Waals surface area contributed by atoms with Crippen molar-refractivity contribution >= 4 is 23.4 Å². The SMILES string of the molecule is C[C@H](c1cccc([N+](=O)[O-])c1)N(C)C(=O)CCN1C(=O)[C@@H]2CC=CC[C@H]2C1=O. The smallest absolute Gasteiger partial charge is 0.269 e. The first-order chi connectivity index (χ1) is 13.3. The van der Waals surface area contributed by atoms with Crippen molar-refractivity contribution in [3.05, 3.63) is 52.1 Å². The van der Waals surface area contributed by atoms with Gasteiger partial charge in [0.25, 0.3) is 5.69 Å². The van der Waals surface area contributed by atoms with E-state index in [0.29, 0.717) is 18.4 Å². The molecule has 0 saturated carbocycles. The summed E-state index contributed by atoms with van der Waals surface area (Å²) in [5.74, 6) is -1.21. The van der Waals surface area contributed by atoms with Crippen molar-refractivity contribution < 1.29 is 19.3 Å². The molecule has 8 heteroatoms. The second-order valence-electron chi connectivity index (χ2n) is 7.27. The monoisotopic (exact) mass is 385 g/mol. The highest BCUT2D eigenvalue weighted by molar-refractivity contribution is 6.05. The quantitative estimate of drug-likeness (QED) is 0.324. The highest BCUT2D eigenvalue weighted by Gasteiger charge is 2.47. The van der Waals surface area contributed by atoms with Gasteiger partial charge < -0.3 is 4.90 Å². The van der Waals surface area contributed by atoms with Crippen molar-refractivity contribution in [3.8, 4) is 0 Å². The molecule has 28 heavy (non-hydrogen) atoms. The second-order valence-corrected chi connectivity index (χ2v) is 7.27. The molecule has 0 bridgehead atoms. The maximum atomic E-state index is 12.6. The molecule has 3 rings (SSSR count). The summed E-state index contributed by atoms with van der Waals surface area (Å²) >= 11 is 0. The van der Waals surface area contributed by atoms with Crippen LogP contribution in [0.1, 0.15) is 37.8 Å². The third kappa shape index (κ3) is 3.67. The Morgan fingerprint density at radius 1 is 1.25 bits per heavy atom. The molecule has 148 valence electrons. The normalized spacial score (nSPS) is 22.1. The fraction of sp³-hybridized carbons (Fsp3) is 0.450. The number of imide groups is 1. The van der Waals surface area contributed by atoms with Crippen LogP contribution in [0.5, 0.6) is 0 Å². The van der Waals surface area contributed by atoms with Gasteiger partial charge in [0.1, 0.15) is 0 Å². The van der Waals surface area contributed by atoms with E-state index >= 15 is 0 Å². The zero-order valence-electron chi connectivity index (χ0n) is 15.9. The Kier molecular flexibility index (Phi) is 5.58. The molecule has 1 aliphatic heterocycles. The average molecular weight is 385 g/mol. The summed E-state index contributed by atoms with van der Waals surface area (Å²) in [6.07, 6.45) is 5.03. The Morgan fingerprint density at radius 3 is 2.43 bits per heavy atom. The minimum Gasteiger partial charge on any atom is -0.339 e. The number of hydrogen-bond donors (Lipinski definition) is 0. The molecule has 0 spiro atoms. The maximum Gasteiger partial charge on any atom is 0.269 e. The minimum absolute atomic E-state index is 0.0279. The average Bonchev–Trinajstić information content (AvgIpc) is 2.95. The molecule has 1 aliphatic carbocycles. The summed E-state index contributed by atoms with van der Waals surface area (Å²) in [6, 6.07) is 5.78. The van der Waals surface area contributed by atoms with Gasteiger partial charge in [-0.05, 0) is 25.3 Å². The van der Waals surface area contributed by atoms with Crippen LogP contribution in [0.2, 0.25) is 0 Å². The summed E-state index contributed by atoms with van der Waals surface area (Å²) in [4.78, 5) is 50.7. The summed E-state index contributed by atoms with van der Waals surface area (Å²) in [5.41, 5.74) is 0.616. The third-order valence-corrected chi connectivity index (χ3v) is 5.69. The number of nitrogens with zero attached hydrogens (tertiary/aromatic N) is 3. The largest absolute Gasteiger partial charge is 0.339 e. The highest BCUT2D eigenvalue weighted by Crippen LogP contribution is 2.35. The minimum atomic E-state index is -0.475. The van der Waals surface area contributed by atoms with Crippen LogP contribution in [0, 0.1) is 22.0 Å². The zero-order valence-corrected chi connectivity index (χ0v) is 15.9. The number of carbonyl (C=O) groups excluding carboxylic acids is 3. The van der Waals surface area contributed by atoms with Gasteiger partial charge in [-0.3, -0.25) is 29.4 Å². The van der Waals surface area contributed by atoms with Crippen molar-refractivity contribution in [2.75, 3.05) is 13.6 Å². The van der Waals surface area contributed by atoms with Crippen molar-refractivity contribution in [2.45, 2.75) is 32.2 Å². The van der Waals surface area contributed by atoms with E-state index in [9.17, 15) is 24.5 Å². The van der Waals surface area contributed by atoms with Crippen LogP contribution in [-0.2, 0) is 14.4 Å². The first-order valence-corrected chi connectivity index (χ1v) is 9.31. The van der Waals surface area contributed by atoms with E-state index in [1.807, 2.05) is 12.2 Å². The lowest BCUT2D eigenvalue weighted by Gasteiger charge is -2.26. The van der Waals surface area contributed by atoms with Gasteiger partial charge in [-0.2, -0.15) is 0 Å². The van der Waals surface area contributed by atoms with E-state index in [2.05, 4.69) is 0 Å². The molecule has 1 saturated heterocycles. The molecule has 0 unspecified atom stereocenters. The highest BCUT2D eigenvalue weighted by atomic mass is 16.6. The van der Waals surface area contributed by atoms with E-state index in [1.54, 1.807) is 26.1 Å². The number of hydrogen-bond acceptors (Lipinski definition) is 5. The Labute approximate surface area is 162 Å². The first kappa shape index (κ1) is 19.7. The summed E-state index contributed by atoms with van der Waals surface area (Å²) in [6.45, 7) is 1.85. The molecule has 1 heterocycles. The van der Waals surface area contributed by atoms with Gasteiger partial charge in [-0.1, -0.05) is 24.3 Å². The van der Waals surface area contributed by atoms with Crippen molar-refractivity contribution in [3.63, 3.8) is 0 Å². The molecule has 2 aliphatic rings. The molecule has 8 nitrogen and oxygen atoms in total. The van der Waals surface area contributed by atoms with Gasteiger partial charge in [0.2, 0.25) is 17.7 Å². The Hall–Kier alpha value is -3.03. The number of rotatable bonds is 6. The Bertz CT molecular complexity index is 824. The Morgan fingerprint density at radius 2 is 1.86 bits per heavy atom. The van der Waals surface area contributed by atoms with E-state index < -0.39 is 4.92 Å². The summed E-state index contributed by atoms with van der Waals surface area (Å²) in [7, 11) is 1.61. The van der Waals surface area contributed by atoms with Crippen LogP contribution in [0.25, 0.3) is 0 Å². The molecular formula is C20H23N3O5. The zero-order chi connectivity index (χ0) is 20.4. The van der Waals surface area contributed by atoms with Gasteiger partial charge in [-0.25, -0.2) is 0 Å². The lowest BCUT2D eigenvalue weighted by molar-refractivity contribution is -0.384. The fourth-order valence-electron chi connectivity index (χ4n) is 3.81. The maximum absolute atomic E-state index is 12.6. The number of allylic oxidation sites excluding steroid dienone is 2. The van der Waals surface area contributed by atoms with Crippen LogP contribution >= 0.6 is 0 Å². The molecule has 1 fully saturated rings. The molecule has 1 aromatic carbocycles. The lowest BCUT2D eigenvalue weighted by Crippen LogP contribution is -2.36. The van der Waals surface area contributed by atoms with E-state index in [0.717, 1.165) is 0 Å². The van der Waals surface area contributed by atoms with E-state index in [4.69, 9.17) is 0 Å². The number of carbonyl (C=O) groups is 3. The lowest BCUT2D eigenvalue weighted by atomic mass is 9.85. The van der Waals surface area contributed by atoms with Crippen LogP contribution in [0.4, 0.5) is 5.69 Å². The fourth-order valence-corrected chi connectivity index (χ4v) is 3.81. The standard InChI is InChI=1S/C20H23N3O5/c1-13(14-6-5-7-15(12-14)23(27)28)21(2)18(24)10-11-22-19(25)16-8-3-4-9-17(16)20(22)26/h3-7,12-13,16-17H,8-11H2,1-2H3/t13-,16-,17-/m1/s1. The van der Waals surface area contributed by atoms with Gasteiger partial charge >= 0.3 is 0 Å². The number of non-ortho nitro benzene ring substituents is 1. The number of fused-ring (bicyclic) bond motifs is 1. The van der Waals surface area contributed by atoms with Gasteiger partial charge in [0, 0.05) is 32.1 Å². The van der Waals surface area contributed by atoms with E-state index in [-0.39, 0.29) is 54.3 Å². The molecule has 0 N–H and O–H groups in total. The summed E-state index contributed by atoms with van der Waals surface area (Å²) < 4.78 is 0. The molecule has 0 radical (unpaired) electrons. The number of likely N-dealkylation sites (tertiary alicyclic amines) is 1. The molecule has 1 aromatic rings. The van der Waals surface area contributed by atoms with Crippen molar-refractivity contribution in [1.29, 1.82) is 0 Å². The molecular weight excluding hydrogens is 362 g/mol. The van der Waals surface area contributed by atoms with Crippen LogP contribution < -0.4 is 0 Å². The van der Waals surface area contributed by atoms with Crippen LogP contribution in [0.3, 0.4) is 0 Å². The predicted molar refractivity (Wildman–Crippen MR) is 101 cm³/mol. The number of nitro benzene ring substituents is 1. The second kappa shape index (κ2) is 7.92.